The molecule has 1 aliphatic rings. The minimum Gasteiger partial charge on any atom is -0.497 e. The van der Waals surface area contributed by atoms with Crippen molar-refractivity contribution in [3.05, 3.63) is 51.5 Å². The lowest BCUT2D eigenvalue weighted by Gasteiger charge is -2.30. The summed E-state index contributed by atoms with van der Waals surface area (Å²) in [5.41, 5.74) is 0.374. The van der Waals surface area contributed by atoms with E-state index in [0.29, 0.717) is 29.3 Å². The van der Waals surface area contributed by atoms with Gasteiger partial charge in [0.1, 0.15) is 5.75 Å². The van der Waals surface area contributed by atoms with E-state index in [0.717, 1.165) is 0 Å². The number of carbonyl (C=O) groups is 1. The van der Waals surface area contributed by atoms with Gasteiger partial charge in [0.15, 0.2) is 0 Å². The molecule has 1 heterocycles. The largest absolute Gasteiger partial charge is 0.497 e. The molecule has 1 amide bonds. The van der Waals surface area contributed by atoms with Crippen LogP contribution in [0.25, 0.3) is 0 Å². The standard InChI is InChI=1S/C19H19Cl3N2O4S/c1-28-13-2-4-14(5-3-13)29(26,27)24-8-6-12(7-9-24)19(25)23-18-11-16(21)15(20)10-17(18)22/h2-5,10-12H,6-9H2,1H3,(H,23,25). The molecule has 2 aromatic rings. The number of hydrogen-bond acceptors (Lipinski definition) is 4. The third-order valence-corrected chi connectivity index (χ3v) is 7.74. The minimum atomic E-state index is -3.62. The quantitative estimate of drug-likeness (QED) is 0.634. The molecule has 1 aliphatic heterocycles. The number of anilines is 1. The topological polar surface area (TPSA) is 75.7 Å². The van der Waals surface area contributed by atoms with Gasteiger partial charge in [0.2, 0.25) is 15.9 Å². The first-order valence-corrected chi connectivity index (χ1v) is 11.4. The highest BCUT2D eigenvalue weighted by Crippen LogP contribution is 2.33. The van der Waals surface area contributed by atoms with Crippen LogP contribution < -0.4 is 10.1 Å². The molecular weight excluding hydrogens is 459 g/mol. The zero-order valence-electron chi connectivity index (χ0n) is 15.5. The van der Waals surface area contributed by atoms with Crippen molar-refractivity contribution < 1.29 is 17.9 Å². The van der Waals surface area contributed by atoms with Crippen molar-refractivity contribution in [1.29, 1.82) is 0 Å². The van der Waals surface area contributed by atoms with Gasteiger partial charge in [-0.1, -0.05) is 34.8 Å². The van der Waals surface area contributed by atoms with Crippen molar-refractivity contribution >= 4 is 56.4 Å². The second-order valence-electron chi connectivity index (χ2n) is 6.59. The van der Waals surface area contributed by atoms with Gasteiger partial charge in [0.05, 0.1) is 32.8 Å². The summed E-state index contributed by atoms with van der Waals surface area (Å²) in [4.78, 5) is 12.8. The van der Waals surface area contributed by atoms with Crippen LogP contribution in [0.5, 0.6) is 5.75 Å². The van der Waals surface area contributed by atoms with E-state index in [-0.39, 0.29) is 39.9 Å². The number of rotatable bonds is 5. The van der Waals surface area contributed by atoms with E-state index in [9.17, 15) is 13.2 Å². The summed E-state index contributed by atoms with van der Waals surface area (Å²) in [5.74, 6) is 0.0231. The molecule has 0 radical (unpaired) electrons. The Bertz CT molecular complexity index is 1000. The Kier molecular flexibility index (Phi) is 6.96. The number of nitrogens with zero attached hydrogens (tertiary/aromatic N) is 1. The van der Waals surface area contributed by atoms with Gasteiger partial charge in [-0.05, 0) is 49.2 Å². The average Bonchev–Trinajstić information content (AvgIpc) is 2.72. The van der Waals surface area contributed by atoms with E-state index in [1.807, 2.05) is 0 Å². The van der Waals surface area contributed by atoms with Gasteiger partial charge in [-0.3, -0.25) is 4.79 Å². The summed E-state index contributed by atoms with van der Waals surface area (Å²) < 4.78 is 32.1. The smallest absolute Gasteiger partial charge is 0.243 e. The Morgan fingerprint density at radius 1 is 1.03 bits per heavy atom. The zero-order chi connectivity index (χ0) is 21.2. The Labute approximate surface area is 184 Å². The normalized spacial score (nSPS) is 15.9. The number of ether oxygens (including phenoxy) is 1. The molecule has 0 atom stereocenters. The third kappa shape index (κ3) is 4.98. The molecular formula is C19H19Cl3N2O4S. The summed E-state index contributed by atoms with van der Waals surface area (Å²) >= 11 is 18.0. The number of nitrogens with one attached hydrogen (secondary N) is 1. The molecule has 2 aromatic carbocycles. The Balaban J connectivity index is 1.63. The average molecular weight is 478 g/mol. The summed E-state index contributed by atoms with van der Waals surface area (Å²) in [7, 11) is -2.10. The van der Waals surface area contributed by atoms with Crippen molar-refractivity contribution in [2.45, 2.75) is 17.7 Å². The minimum absolute atomic E-state index is 0.198. The lowest BCUT2D eigenvalue weighted by Crippen LogP contribution is -2.41. The van der Waals surface area contributed by atoms with Gasteiger partial charge in [0, 0.05) is 19.0 Å². The summed E-state index contributed by atoms with van der Waals surface area (Å²) in [6.07, 6.45) is 0.806. The van der Waals surface area contributed by atoms with Crippen LogP contribution in [0, 0.1) is 5.92 Å². The fourth-order valence-corrected chi connectivity index (χ4v) is 5.17. The van der Waals surface area contributed by atoms with Crippen LogP contribution in [-0.2, 0) is 14.8 Å². The summed E-state index contributed by atoms with van der Waals surface area (Å²) in [6.45, 7) is 0.503. The monoisotopic (exact) mass is 476 g/mol. The van der Waals surface area contributed by atoms with Crippen LogP contribution in [0.4, 0.5) is 5.69 Å². The van der Waals surface area contributed by atoms with Gasteiger partial charge in [-0.2, -0.15) is 4.31 Å². The zero-order valence-corrected chi connectivity index (χ0v) is 18.6. The van der Waals surface area contributed by atoms with E-state index in [1.54, 1.807) is 12.1 Å². The van der Waals surface area contributed by atoms with Crippen molar-refractivity contribution in [3.8, 4) is 5.75 Å². The van der Waals surface area contributed by atoms with E-state index in [4.69, 9.17) is 39.5 Å². The van der Waals surface area contributed by atoms with E-state index >= 15 is 0 Å². The molecule has 0 saturated carbocycles. The highest BCUT2D eigenvalue weighted by atomic mass is 35.5. The summed E-state index contributed by atoms with van der Waals surface area (Å²) in [5, 5.41) is 3.62. The van der Waals surface area contributed by atoms with Gasteiger partial charge in [-0.15, -0.1) is 0 Å². The molecule has 0 aliphatic carbocycles. The molecule has 1 N–H and O–H groups in total. The second-order valence-corrected chi connectivity index (χ2v) is 9.75. The van der Waals surface area contributed by atoms with E-state index < -0.39 is 10.0 Å². The molecule has 10 heteroatoms. The maximum absolute atomic E-state index is 12.8. The van der Waals surface area contributed by atoms with Crippen LogP contribution in [-0.4, -0.2) is 38.8 Å². The molecule has 1 saturated heterocycles. The van der Waals surface area contributed by atoms with Crippen molar-refractivity contribution in [1.82, 2.24) is 4.31 Å². The summed E-state index contributed by atoms with van der Waals surface area (Å²) in [6, 6.07) is 9.19. The highest BCUT2D eigenvalue weighted by molar-refractivity contribution is 7.89. The molecule has 0 aromatic heterocycles. The number of carbonyl (C=O) groups excluding carboxylic acids is 1. The van der Waals surface area contributed by atoms with E-state index in [2.05, 4.69) is 5.32 Å². The van der Waals surface area contributed by atoms with Crippen molar-refractivity contribution in [3.63, 3.8) is 0 Å². The predicted octanol–water partition coefficient (Wildman–Crippen LogP) is 4.69. The fraction of sp³-hybridized carbons (Fsp3) is 0.316. The first-order valence-electron chi connectivity index (χ1n) is 8.82. The molecule has 0 spiro atoms. The molecule has 6 nitrogen and oxygen atoms in total. The lowest BCUT2D eigenvalue weighted by molar-refractivity contribution is -0.120. The molecule has 1 fully saturated rings. The first kappa shape index (κ1) is 22.2. The maximum atomic E-state index is 12.8. The number of halogens is 3. The van der Waals surface area contributed by atoms with Crippen LogP contribution in [0.3, 0.4) is 0 Å². The predicted molar refractivity (Wildman–Crippen MR) is 115 cm³/mol. The molecule has 0 unspecified atom stereocenters. The van der Waals surface area contributed by atoms with Crippen molar-refractivity contribution in [2.75, 3.05) is 25.5 Å². The molecule has 3 rings (SSSR count). The molecule has 0 bridgehead atoms. The molecule has 29 heavy (non-hydrogen) atoms. The number of hydrogen-bond donors (Lipinski definition) is 1. The maximum Gasteiger partial charge on any atom is 0.243 e. The number of benzene rings is 2. The van der Waals surface area contributed by atoms with Gasteiger partial charge >= 0.3 is 0 Å². The molecule has 156 valence electrons. The number of piperidine rings is 1. The first-order chi connectivity index (χ1) is 13.7. The SMILES string of the molecule is COc1ccc(S(=O)(=O)N2CCC(C(=O)Nc3cc(Cl)c(Cl)cc3Cl)CC2)cc1. The number of sulfonamides is 1. The second kappa shape index (κ2) is 9.10. The highest BCUT2D eigenvalue weighted by Gasteiger charge is 2.32. The third-order valence-electron chi connectivity index (χ3n) is 4.79. The van der Waals surface area contributed by atoms with Crippen LogP contribution >= 0.6 is 34.8 Å². The van der Waals surface area contributed by atoms with Crippen molar-refractivity contribution in [2.24, 2.45) is 5.92 Å². The Morgan fingerprint density at radius 2 is 1.62 bits per heavy atom. The number of amides is 1. The van der Waals surface area contributed by atoms with Crippen LogP contribution in [0.1, 0.15) is 12.8 Å². The van der Waals surface area contributed by atoms with Gasteiger partial charge in [0.25, 0.3) is 0 Å². The fourth-order valence-electron chi connectivity index (χ4n) is 3.11. The Hall–Kier alpha value is -1.51. The van der Waals surface area contributed by atoms with Gasteiger partial charge < -0.3 is 10.1 Å². The van der Waals surface area contributed by atoms with Gasteiger partial charge in [-0.25, -0.2) is 8.42 Å². The lowest BCUT2D eigenvalue weighted by atomic mass is 9.97. The van der Waals surface area contributed by atoms with E-state index in [1.165, 1.54) is 35.7 Å². The van der Waals surface area contributed by atoms with Crippen LogP contribution in [0.2, 0.25) is 15.1 Å². The Morgan fingerprint density at radius 3 is 2.21 bits per heavy atom. The van der Waals surface area contributed by atoms with Crippen LogP contribution in [0.15, 0.2) is 41.3 Å². The number of methoxy groups -OCH3 is 1.